The van der Waals surface area contributed by atoms with E-state index in [2.05, 4.69) is 0 Å². The molecule has 0 spiro atoms. The average Bonchev–Trinajstić information content (AvgIpc) is 3.12. The SMILES string of the molecule is NC(=O)CCC(=O)N(c1ccccc1)C1CC1. The number of primary amides is 1. The number of carbonyl (C=O) groups is 2. The highest BCUT2D eigenvalue weighted by Gasteiger charge is 2.33. The maximum Gasteiger partial charge on any atom is 0.227 e. The summed E-state index contributed by atoms with van der Waals surface area (Å²) in [5.74, 6) is -0.445. The second kappa shape index (κ2) is 4.99. The third kappa shape index (κ3) is 3.06. The van der Waals surface area contributed by atoms with Crippen LogP contribution in [-0.4, -0.2) is 17.9 Å². The Morgan fingerprint density at radius 1 is 1.18 bits per heavy atom. The molecule has 0 bridgehead atoms. The van der Waals surface area contributed by atoms with Gasteiger partial charge in [0.25, 0.3) is 0 Å². The molecule has 2 N–H and O–H groups in total. The molecule has 1 fully saturated rings. The van der Waals surface area contributed by atoms with Crippen LogP contribution in [0.25, 0.3) is 0 Å². The van der Waals surface area contributed by atoms with Crippen LogP contribution in [0.15, 0.2) is 30.3 Å². The number of carbonyl (C=O) groups excluding carboxylic acids is 2. The molecule has 0 heterocycles. The summed E-state index contributed by atoms with van der Waals surface area (Å²) in [6.45, 7) is 0. The van der Waals surface area contributed by atoms with E-state index in [1.165, 1.54) is 0 Å². The van der Waals surface area contributed by atoms with E-state index in [1.54, 1.807) is 4.90 Å². The maximum absolute atomic E-state index is 12.0. The number of rotatable bonds is 5. The monoisotopic (exact) mass is 232 g/mol. The number of amides is 2. The van der Waals surface area contributed by atoms with Gasteiger partial charge in [0.1, 0.15) is 0 Å². The van der Waals surface area contributed by atoms with Crippen molar-refractivity contribution in [3.8, 4) is 0 Å². The molecular weight excluding hydrogens is 216 g/mol. The van der Waals surface area contributed by atoms with Crippen LogP contribution in [0, 0.1) is 0 Å². The molecule has 0 aromatic heterocycles. The Morgan fingerprint density at radius 3 is 2.35 bits per heavy atom. The zero-order valence-electron chi connectivity index (χ0n) is 9.63. The normalized spacial score (nSPS) is 14.4. The van der Waals surface area contributed by atoms with Crippen LogP contribution in [-0.2, 0) is 9.59 Å². The molecule has 4 nitrogen and oxygen atoms in total. The van der Waals surface area contributed by atoms with Crippen molar-refractivity contribution < 1.29 is 9.59 Å². The Balaban J connectivity index is 2.07. The van der Waals surface area contributed by atoms with Crippen LogP contribution >= 0.6 is 0 Å². The Labute approximate surface area is 100 Å². The summed E-state index contributed by atoms with van der Waals surface area (Å²) >= 11 is 0. The van der Waals surface area contributed by atoms with E-state index in [-0.39, 0.29) is 18.7 Å². The fraction of sp³-hybridized carbons (Fsp3) is 0.385. The van der Waals surface area contributed by atoms with Gasteiger partial charge >= 0.3 is 0 Å². The summed E-state index contributed by atoms with van der Waals surface area (Å²) in [6.07, 6.45) is 2.39. The molecule has 0 saturated heterocycles. The van der Waals surface area contributed by atoms with Gasteiger partial charge in [-0.15, -0.1) is 0 Å². The molecule has 0 aliphatic heterocycles. The number of benzene rings is 1. The molecule has 1 aliphatic carbocycles. The Kier molecular flexibility index (Phi) is 3.42. The minimum absolute atomic E-state index is 0.0162. The first-order valence-corrected chi connectivity index (χ1v) is 5.84. The van der Waals surface area contributed by atoms with Crippen LogP contribution in [0.1, 0.15) is 25.7 Å². The van der Waals surface area contributed by atoms with Gasteiger partial charge in [-0.2, -0.15) is 0 Å². The number of hydrogen-bond acceptors (Lipinski definition) is 2. The van der Waals surface area contributed by atoms with E-state index in [0.717, 1.165) is 18.5 Å². The van der Waals surface area contributed by atoms with Crippen LogP contribution in [0.3, 0.4) is 0 Å². The van der Waals surface area contributed by atoms with Crippen molar-refractivity contribution in [1.29, 1.82) is 0 Å². The van der Waals surface area contributed by atoms with Crippen molar-refractivity contribution in [3.05, 3.63) is 30.3 Å². The van der Waals surface area contributed by atoms with Gasteiger partial charge in [0.2, 0.25) is 11.8 Å². The summed E-state index contributed by atoms with van der Waals surface area (Å²) < 4.78 is 0. The minimum atomic E-state index is -0.429. The topological polar surface area (TPSA) is 63.4 Å². The largest absolute Gasteiger partial charge is 0.370 e. The minimum Gasteiger partial charge on any atom is -0.370 e. The highest BCUT2D eigenvalue weighted by molar-refractivity contribution is 5.96. The van der Waals surface area contributed by atoms with Crippen molar-refractivity contribution >= 4 is 17.5 Å². The Hall–Kier alpha value is -1.84. The van der Waals surface area contributed by atoms with Gasteiger partial charge in [0, 0.05) is 24.6 Å². The molecule has 4 heteroatoms. The van der Waals surface area contributed by atoms with Crippen molar-refractivity contribution in [2.75, 3.05) is 4.90 Å². The highest BCUT2D eigenvalue weighted by Crippen LogP contribution is 2.32. The Bertz CT molecular complexity index is 413. The fourth-order valence-corrected chi connectivity index (χ4v) is 1.83. The first-order chi connectivity index (χ1) is 8.18. The molecule has 0 atom stereocenters. The van der Waals surface area contributed by atoms with Gasteiger partial charge in [-0.1, -0.05) is 18.2 Å². The highest BCUT2D eigenvalue weighted by atomic mass is 16.2. The number of anilines is 1. The lowest BCUT2D eigenvalue weighted by molar-refractivity contribution is -0.123. The number of nitrogens with zero attached hydrogens (tertiary/aromatic N) is 1. The molecule has 2 amide bonds. The summed E-state index contributed by atoms with van der Waals surface area (Å²) in [4.78, 5) is 24.5. The van der Waals surface area contributed by atoms with E-state index >= 15 is 0 Å². The second-order valence-corrected chi connectivity index (χ2v) is 4.30. The molecule has 1 saturated carbocycles. The molecule has 90 valence electrons. The number of para-hydroxylation sites is 1. The van der Waals surface area contributed by atoms with Gasteiger partial charge in [0.15, 0.2) is 0 Å². The lowest BCUT2D eigenvalue weighted by atomic mass is 10.2. The molecular formula is C13H16N2O2. The van der Waals surface area contributed by atoms with Crippen molar-refractivity contribution in [1.82, 2.24) is 0 Å². The molecule has 0 unspecified atom stereocenters. The van der Waals surface area contributed by atoms with Crippen LogP contribution < -0.4 is 10.6 Å². The zero-order chi connectivity index (χ0) is 12.3. The second-order valence-electron chi connectivity index (χ2n) is 4.30. The van der Waals surface area contributed by atoms with E-state index < -0.39 is 5.91 Å². The Morgan fingerprint density at radius 2 is 1.82 bits per heavy atom. The van der Waals surface area contributed by atoms with Crippen LogP contribution in [0.5, 0.6) is 0 Å². The van der Waals surface area contributed by atoms with E-state index in [9.17, 15) is 9.59 Å². The van der Waals surface area contributed by atoms with Crippen molar-refractivity contribution in [2.24, 2.45) is 5.73 Å². The molecule has 1 aromatic carbocycles. The van der Waals surface area contributed by atoms with Gasteiger partial charge in [0.05, 0.1) is 0 Å². The first kappa shape index (κ1) is 11.6. The summed E-state index contributed by atoms with van der Waals surface area (Å²) in [5.41, 5.74) is 5.97. The smallest absolute Gasteiger partial charge is 0.227 e. The van der Waals surface area contributed by atoms with Crippen LogP contribution in [0.4, 0.5) is 5.69 Å². The molecule has 1 aliphatic rings. The van der Waals surface area contributed by atoms with Gasteiger partial charge in [-0.25, -0.2) is 0 Å². The number of nitrogens with two attached hydrogens (primary N) is 1. The lowest BCUT2D eigenvalue weighted by Crippen LogP contribution is -2.33. The summed E-state index contributed by atoms with van der Waals surface area (Å²) in [5, 5.41) is 0. The predicted octanol–water partition coefficient (Wildman–Crippen LogP) is 1.45. The molecule has 2 rings (SSSR count). The molecule has 0 radical (unpaired) electrons. The van der Waals surface area contributed by atoms with Gasteiger partial charge in [-0.05, 0) is 25.0 Å². The van der Waals surface area contributed by atoms with Crippen molar-refractivity contribution in [3.63, 3.8) is 0 Å². The molecule has 17 heavy (non-hydrogen) atoms. The van der Waals surface area contributed by atoms with E-state index in [1.807, 2.05) is 30.3 Å². The fourth-order valence-electron chi connectivity index (χ4n) is 1.83. The van der Waals surface area contributed by atoms with Crippen LogP contribution in [0.2, 0.25) is 0 Å². The maximum atomic E-state index is 12.0. The van der Waals surface area contributed by atoms with Gasteiger partial charge < -0.3 is 10.6 Å². The van der Waals surface area contributed by atoms with Gasteiger partial charge in [-0.3, -0.25) is 9.59 Å². The lowest BCUT2D eigenvalue weighted by Gasteiger charge is -2.22. The zero-order valence-corrected chi connectivity index (χ0v) is 9.63. The standard InChI is InChI=1S/C13H16N2O2/c14-12(16)8-9-13(17)15(11-6-7-11)10-4-2-1-3-5-10/h1-5,11H,6-9H2,(H2,14,16). The average molecular weight is 232 g/mol. The summed E-state index contributed by atoms with van der Waals surface area (Å²) in [6, 6.07) is 9.87. The van der Waals surface area contributed by atoms with Crippen molar-refractivity contribution in [2.45, 2.75) is 31.7 Å². The quantitative estimate of drug-likeness (QED) is 0.835. The van der Waals surface area contributed by atoms with E-state index in [0.29, 0.717) is 6.04 Å². The van der Waals surface area contributed by atoms with E-state index in [4.69, 9.17) is 5.73 Å². The summed E-state index contributed by atoms with van der Waals surface area (Å²) in [7, 11) is 0. The molecule has 1 aromatic rings. The number of hydrogen-bond donors (Lipinski definition) is 1. The predicted molar refractivity (Wildman–Crippen MR) is 65.4 cm³/mol. The third-order valence-electron chi connectivity index (χ3n) is 2.80. The third-order valence-corrected chi connectivity index (χ3v) is 2.80. The first-order valence-electron chi connectivity index (χ1n) is 5.84.